The molecule has 0 fully saturated rings. The fraction of sp³-hybridized carbons (Fsp3) is 0.250. The molecule has 0 saturated carbocycles. The summed E-state index contributed by atoms with van der Waals surface area (Å²) in [5, 5.41) is 3.41. The van der Waals surface area contributed by atoms with Crippen LogP contribution in [0, 0.1) is 6.92 Å². The molecule has 0 radical (unpaired) electrons. The quantitative estimate of drug-likeness (QED) is 0.238. The summed E-state index contributed by atoms with van der Waals surface area (Å²) in [5.41, 5.74) is 9.95. The lowest BCUT2D eigenvalue weighted by Crippen LogP contribution is -2.13. The van der Waals surface area contributed by atoms with Crippen LogP contribution in [0.25, 0.3) is 21.9 Å². The molecule has 0 atom stereocenters. The van der Waals surface area contributed by atoms with Crippen molar-refractivity contribution in [3.8, 4) is 0 Å². The van der Waals surface area contributed by atoms with Crippen LogP contribution in [-0.2, 0) is 18.3 Å². The molecule has 1 heterocycles. The summed E-state index contributed by atoms with van der Waals surface area (Å²) in [5.74, 6) is 0. The highest BCUT2D eigenvalue weighted by Crippen LogP contribution is 2.44. The Morgan fingerprint density at radius 2 is 1.53 bits per heavy atom. The molecule has 0 spiro atoms. The summed E-state index contributed by atoms with van der Waals surface area (Å²) in [4.78, 5) is 2.17. The van der Waals surface area contributed by atoms with Crippen molar-refractivity contribution in [2.45, 2.75) is 52.4 Å². The third-order valence-electron chi connectivity index (χ3n) is 7.34. The minimum Gasteiger partial charge on any atom is -0.456 e. The zero-order chi connectivity index (χ0) is 25.2. The van der Waals surface area contributed by atoms with E-state index in [2.05, 4.69) is 86.3 Å². The average Bonchev–Trinajstić information content (AvgIpc) is 3.46. The second-order valence-electron chi connectivity index (χ2n) is 10.9. The van der Waals surface area contributed by atoms with Crippen LogP contribution in [0.1, 0.15) is 49.4 Å². The van der Waals surface area contributed by atoms with Gasteiger partial charge in [-0.25, -0.2) is 0 Å². The van der Waals surface area contributed by atoms with Gasteiger partial charge in [0.2, 0.25) is 0 Å². The third-order valence-corrected chi connectivity index (χ3v) is 8.13. The van der Waals surface area contributed by atoms with Crippen molar-refractivity contribution in [3.05, 3.63) is 99.0 Å². The SMILES string of the molecule is Cc1cc(Cl)c(Cl)c(N(c2ccc(C(C)(C)C)cc2)c2ccc3c(c2)oc2c4c(ccc23)CCC4)c1. The van der Waals surface area contributed by atoms with Crippen LogP contribution in [-0.4, -0.2) is 0 Å². The number of rotatable bonds is 3. The fourth-order valence-corrected chi connectivity index (χ4v) is 5.90. The van der Waals surface area contributed by atoms with Crippen molar-refractivity contribution >= 4 is 62.2 Å². The Hall–Kier alpha value is -2.94. The van der Waals surface area contributed by atoms with E-state index >= 15 is 0 Å². The van der Waals surface area contributed by atoms with Gasteiger partial charge in [-0.2, -0.15) is 0 Å². The number of fused-ring (bicyclic) bond motifs is 5. The fourth-order valence-electron chi connectivity index (χ4n) is 5.43. The van der Waals surface area contributed by atoms with Crippen LogP contribution in [0.5, 0.6) is 0 Å². The van der Waals surface area contributed by atoms with E-state index in [1.54, 1.807) is 0 Å². The zero-order valence-corrected chi connectivity index (χ0v) is 22.6. The molecule has 5 aromatic rings. The van der Waals surface area contributed by atoms with Crippen LogP contribution in [0.3, 0.4) is 0 Å². The minimum absolute atomic E-state index is 0.0705. The Kier molecular flexibility index (Phi) is 5.59. The Balaban J connectivity index is 1.56. The molecule has 2 nitrogen and oxygen atoms in total. The molecular formula is C32H29Cl2NO. The highest BCUT2D eigenvalue weighted by atomic mass is 35.5. The van der Waals surface area contributed by atoms with Crippen molar-refractivity contribution in [2.24, 2.45) is 0 Å². The van der Waals surface area contributed by atoms with Crippen molar-refractivity contribution in [2.75, 3.05) is 4.90 Å². The van der Waals surface area contributed by atoms with Crippen LogP contribution in [0.4, 0.5) is 17.1 Å². The normalized spacial score (nSPS) is 13.5. The summed E-state index contributed by atoms with van der Waals surface area (Å²) < 4.78 is 6.51. The minimum atomic E-state index is 0.0705. The first-order valence-corrected chi connectivity index (χ1v) is 13.3. The Labute approximate surface area is 222 Å². The van der Waals surface area contributed by atoms with Gasteiger partial charge in [0.1, 0.15) is 11.2 Å². The van der Waals surface area contributed by atoms with Gasteiger partial charge in [-0.3, -0.25) is 0 Å². The van der Waals surface area contributed by atoms with Gasteiger partial charge in [0, 0.05) is 28.2 Å². The number of halogens is 2. The molecule has 0 unspecified atom stereocenters. The molecule has 1 aliphatic carbocycles. The number of anilines is 3. The molecule has 4 heteroatoms. The van der Waals surface area contributed by atoms with Gasteiger partial charge >= 0.3 is 0 Å². The number of benzene rings is 4. The van der Waals surface area contributed by atoms with Crippen LogP contribution < -0.4 is 4.90 Å². The summed E-state index contributed by atoms with van der Waals surface area (Å²) >= 11 is 13.4. The summed E-state index contributed by atoms with van der Waals surface area (Å²) in [7, 11) is 0. The molecule has 6 rings (SSSR count). The Morgan fingerprint density at radius 3 is 2.28 bits per heavy atom. The van der Waals surface area contributed by atoms with E-state index in [4.69, 9.17) is 27.6 Å². The first kappa shape index (κ1) is 23.5. The molecule has 36 heavy (non-hydrogen) atoms. The number of aryl methyl sites for hydroxylation is 3. The lowest BCUT2D eigenvalue weighted by atomic mass is 9.87. The molecule has 1 aliphatic rings. The zero-order valence-electron chi connectivity index (χ0n) is 21.1. The van der Waals surface area contributed by atoms with Gasteiger partial charge in [-0.15, -0.1) is 0 Å². The molecule has 0 aliphatic heterocycles. The lowest BCUT2D eigenvalue weighted by Gasteiger charge is -2.28. The predicted molar refractivity (Wildman–Crippen MR) is 154 cm³/mol. The molecule has 0 bridgehead atoms. The average molecular weight is 514 g/mol. The third kappa shape index (κ3) is 3.88. The van der Waals surface area contributed by atoms with Crippen LogP contribution >= 0.6 is 23.2 Å². The Morgan fingerprint density at radius 1 is 0.806 bits per heavy atom. The topological polar surface area (TPSA) is 16.4 Å². The molecule has 0 amide bonds. The Bertz CT molecular complexity index is 1620. The number of nitrogens with zero attached hydrogens (tertiary/aromatic N) is 1. The van der Waals surface area contributed by atoms with Crippen LogP contribution in [0.2, 0.25) is 10.0 Å². The van der Waals surface area contributed by atoms with Crippen LogP contribution in [0.15, 0.2) is 71.1 Å². The smallest absolute Gasteiger partial charge is 0.138 e. The second kappa shape index (κ2) is 8.57. The first-order chi connectivity index (χ1) is 17.2. The standard InChI is InChI=1S/C32H29Cl2NO/c1-19-16-27(33)30(34)28(17-19)35(22-11-9-21(10-12-22)32(2,3)4)23-13-15-25-26-14-8-20-6-5-7-24(20)31(26)36-29(25)18-23/h8-18H,5-7H2,1-4H3. The molecule has 4 aromatic carbocycles. The van der Waals surface area contributed by atoms with E-state index in [-0.39, 0.29) is 5.41 Å². The summed E-state index contributed by atoms with van der Waals surface area (Å²) in [6.07, 6.45) is 3.42. The highest BCUT2D eigenvalue weighted by molar-refractivity contribution is 6.44. The lowest BCUT2D eigenvalue weighted by molar-refractivity contribution is 0.590. The van der Waals surface area contributed by atoms with Gasteiger partial charge in [0.25, 0.3) is 0 Å². The first-order valence-electron chi connectivity index (χ1n) is 12.5. The van der Waals surface area contributed by atoms with E-state index in [0.717, 1.165) is 52.0 Å². The van der Waals surface area contributed by atoms with Gasteiger partial charge < -0.3 is 9.32 Å². The number of furan rings is 1. The van der Waals surface area contributed by atoms with Crippen molar-refractivity contribution in [1.82, 2.24) is 0 Å². The van der Waals surface area contributed by atoms with Gasteiger partial charge in [0.05, 0.1) is 15.7 Å². The van der Waals surface area contributed by atoms with E-state index in [1.165, 1.54) is 28.5 Å². The number of hydrogen-bond acceptors (Lipinski definition) is 2. The maximum atomic E-state index is 6.81. The summed E-state index contributed by atoms with van der Waals surface area (Å²) in [6.45, 7) is 8.71. The van der Waals surface area contributed by atoms with E-state index in [0.29, 0.717) is 10.0 Å². The largest absolute Gasteiger partial charge is 0.456 e. The molecule has 182 valence electrons. The second-order valence-corrected chi connectivity index (χ2v) is 11.7. The van der Waals surface area contributed by atoms with Gasteiger partial charge in [-0.1, -0.05) is 68.2 Å². The van der Waals surface area contributed by atoms with E-state index < -0.39 is 0 Å². The van der Waals surface area contributed by atoms with E-state index in [9.17, 15) is 0 Å². The monoisotopic (exact) mass is 513 g/mol. The molecule has 1 aromatic heterocycles. The molecule has 0 N–H and O–H groups in total. The van der Waals surface area contributed by atoms with Gasteiger partial charge in [0.15, 0.2) is 0 Å². The van der Waals surface area contributed by atoms with Crippen molar-refractivity contribution < 1.29 is 4.42 Å². The predicted octanol–water partition coefficient (Wildman–Crippen LogP) is 10.5. The molecule has 0 saturated heterocycles. The van der Waals surface area contributed by atoms with Crippen molar-refractivity contribution in [1.29, 1.82) is 0 Å². The highest BCUT2D eigenvalue weighted by Gasteiger charge is 2.22. The van der Waals surface area contributed by atoms with E-state index in [1.807, 2.05) is 13.0 Å². The summed E-state index contributed by atoms with van der Waals surface area (Å²) in [6, 6.07) is 23.6. The maximum Gasteiger partial charge on any atom is 0.138 e. The number of hydrogen-bond donors (Lipinski definition) is 0. The maximum absolute atomic E-state index is 6.81. The van der Waals surface area contributed by atoms with Crippen molar-refractivity contribution in [3.63, 3.8) is 0 Å². The molecular weight excluding hydrogens is 485 g/mol. The van der Waals surface area contributed by atoms with Gasteiger partial charge in [-0.05, 0) is 90.3 Å².